The van der Waals surface area contributed by atoms with E-state index in [9.17, 15) is 28.2 Å². The normalized spacial score (nSPS) is 20.5. The van der Waals surface area contributed by atoms with Crippen molar-refractivity contribution in [2.75, 3.05) is 5.32 Å². The van der Waals surface area contributed by atoms with E-state index in [1.54, 1.807) is 13.1 Å². The maximum Gasteiger partial charge on any atom is 0.416 e. The van der Waals surface area contributed by atoms with Crippen molar-refractivity contribution in [2.24, 2.45) is 11.8 Å². The lowest BCUT2D eigenvalue weighted by atomic mass is 9.74. The molecule has 0 radical (unpaired) electrons. The van der Waals surface area contributed by atoms with Gasteiger partial charge < -0.3 is 15.5 Å². The third-order valence-corrected chi connectivity index (χ3v) is 7.29. The zero-order valence-corrected chi connectivity index (χ0v) is 18.9. The molecule has 12 heteroatoms. The lowest BCUT2D eigenvalue weighted by Crippen LogP contribution is -2.35. The molecule has 0 amide bonds. The summed E-state index contributed by atoms with van der Waals surface area (Å²) < 4.78 is 38.8. The van der Waals surface area contributed by atoms with Gasteiger partial charge in [0, 0.05) is 12.4 Å². The third-order valence-electron chi connectivity index (χ3n) is 6.04. The number of aliphatic hydroxyl groups is 1. The van der Waals surface area contributed by atoms with E-state index in [0.717, 1.165) is 18.3 Å². The SMILES string of the molecule is C[C@](O)(c1ncc(-c2cncc(Nc3cc(C(F)(F)F)ccn3)n2)s1)[C@H]1CC[C@H](C(=O)O)CC1. The predicted octanol–water partition coefficient (Wildman–Crippen LogP) is 4.86. The van der Waals surface area contributed by atoms with Gasteiger partial charge in [-0.1, -0.05) is 0 Å². The average molecular weight is 494 g/mol. The first-order chi connectivity index (χ1) is 16.0. The van der Waals surface area contributed by atoms with Crippen LogP contribution in [0.2, 0.25) is 0 Å². The number of nitrogens with one attached hydrogen (secondary N) is 1. The Hall–Kier alpha value is -3.12. The van der Waals surface area contributed by atoms with Crippen molar-refractivity contribution in [1.82, 2.24) is 19.9 Å². The van der Waals surface area contributed by atoms with Crippen LogP contribution in [0.25, 0.3) is 10.6 Å². The Morgan fingerprint density at radius 3 is 2.53 bits per heavy atom. The molecule has 0 aromatic carbocycles. The highest BCUT2D eigenvalue weighted by Gasteiger charge is 2.40. The van der Waals surface area contributed by atoms with Gasteiger partial charge in [0.05, 0.1) is 28.8 Å². The number of hydrogen-bond acceptors (Lipinski definition) is 8. The van der Waals surface area contributed by atoms with Gasteiger partial charge in [-0.3, -0.25) is 9.78 Å². The molecule has 3 aromatic rings. The number of carbonyl (C=O) groups is 1. The second-order valence-electron chi connectivity index (χ2n) is 8.41. The molecule has 0 aliphatic heterocycles. The Morgan fingerprint density at radius 2 is 1.85 bits per heavy atom. The number of carboxylic acids is 1. The minimum Gasteiger partial charge on any atom is -0.481 e. The van der Waals surface area contributed by atoms with Crippen LogP contribution in [0, 0.1) is 11.8 Å². The molecule has 1 aliphatic rings. The number of thiazole rings is 1. The standard InChI is InChI=1S/C22H22F3N5O3S/c1-21(33,13-4-2-12(3-5-13)19(31)32)20-28-10-16(34-20)15-9-26-11-18(29-15)30-17-8-14(6-7-27-17)22(23,24)25/h6-13,33H,2-5H2,1H3,(H,31,32)(H,27,29,30)/t12-,13-,21-/m1/s1. The maximum atomic E-state index is 12.9. The van der Waals surface area contributed by atoms with Crippen LogP contribution in [-0.4, -0.2) is 36.1 Å². The number of aromatic nitrogens is 4. The van der Waals surface area contributed by atoms with Crippen LogP contribution in [0.15, 0.2) is 36.9 Å². The van der Waals surface area contributed by atoms with Gasteiger partial charge in [-0.15, -0.1) is 11.3 Å². The number of anilines is 2. The minimum absolute atomic E-state index is 0.0221. The molecule has 1 atom stereocenters. The van der Waals surface area contributed by atoms with E-state index >= 15 is 0 Å². The highest BCUT2D eigenvalue weighted by Crippen LogP contribution is 2.43. The topological polar surface area (TPSA) is 121 Å². The number of halogens is 3. The van der Waals surface area contributed by atoms with Gasteiger partial charge in [0.15, 0.2) is 5.82 Å². The lowest BCUT2D eigenvalue weighted by molar-refractivity contribution is -0.144. The molecule has 1 aliphatic carbocycles. The van der Waals surface area contributed by atoms with Crippen LogP contribution in [0.4, 0.5) is 24.8 Å². The highest BCUT2D eigenvalue weighted by molar-refractivity contribution is 7.15. The summed E-state index contributed by atoms with van der Waals surface area (Å²) in [5, 5.41) is 23.6. The van der Waals surface area contributed by atoms with E-state index in [-0.39, 0.29) is 23.5 Å². The van der Waals surface area contributed by atoms with E-state index in [0.29, 0.717) is 41.3 Å². The van der Waals surface area contributed by atoms with E-state index in [1.807, 2.05) is 0 Å². The van der Waals surface area contributed by atoms with Gasteiger partial charge in [0.1, 0.15) is 22.1 Å². The number of carboxylic acid groups (broad SMARTS) is 1. The summed E-state index contributed by atoms with van der Waals surface area (Å²) in [6.45, 7) is 1.68. The van der Waals surface area contributed by atoms with Gasteiger partial charge >= 0.3 is 12.1 Å². The Labute approximate surface area is 197 Å². The van der Waals surface area contributed by atoms with Crippen molar-refractivity contribution in [3.05, 3.63) is 47.5 Å². The molecule has 1 fully saturated rings. The van der Waals surface area contributed by atoms with Gasteiger partial charge in [0.2, 0.25) is 0 Å². The Bertz CT molecular complexity index is 1180. The van der Waals surface area contributed by atoms with Crippen molar-refractivity contribution in [3.8, 4) is 10.6 Å². The van der Waals surface area contributed by atoms with Crippen molar-refractivity contribution < 1.29 is 28.2 Å². The van der Waals surface area contributed by atoms with Crippen molar-refractivity contribution in [1.29, 1.82) is 0 Å². The van der Waals surface area contributed by atoms with Crippen LogP contribution in [-0.2, 0) is 16.6 Å². The molecule has 0 saturated heterocycles. The number of pyridine rings is 1. The summed E-state index contributed by atoms with van der Waals surface area (Å²) in [7, 11) is 0. The Morgan fingerprint density at radius 1 is 1.12 bits per heavy atom. The fourth-order valence-electron chi connectivity index (χ4n) is 4.05. The van der Waals surface area contributed by atoms with Crippen molar-refractivity contribution >= 4 is 28.9 Å². The first-order valence-electron chi connectivity index (χ1n) is 10.6. The lowest BCUT2D eigenvalue weighted by Gasteiger charge is -2.35. The molecule has 180 valence electrons. The molecule has 8 nitrogen and oxygen atoms in total. The minimum atomic E-state index is -4.49. The molecule has 0 unspecified atom stereocenters. The molecule has 1 saturated carbocycles. The smallest absolute Gasteiger partial charge is 0.416 e. The molecule has 4 rings (SSSR count). The quantitative estimate of drug-likeness (QED) is 0.445. The van der Waals surface area contributed by atoms with Gasteiger partial charge in [0.25, 0.3) is 0 Å². The van der Waals surface area contributed by atoms with E-state index < -0.39 is 23.3 Å². The summed E-state index contributed by atoms with van der Waals surface area (Å²) in [5.41, 5.74) is -1.62. The summed E-state index contributed by atoms with van der Waals surface area (Å²) in [6, 6.07) is 1.77. The fraction of sp³-hybridized carbons (Fsp3) is 0.409. The molecule has 34 heavy (non-hydrogen) atoms. The van der Waals surface area contributed by atoms with E-state index in [2.05, 4.69) is 25.3 Å². The third kappa shape index (κ3) is 5.17. The van der Waals surface area contributed by atoms with E-state index in [1.165, 1.54) is 23.7 Å². The summed E-state index contributed by atoms with van der Waals surface area (Å²) in [5.74, 6) is -1.12. The molecule has 3 N–H and O–H groups in total. The van der Waals surface area contributed by atoms with Crippen LogP contribution < -0.4 is 5.32 Å². The molecule has 0 bridgehead atoms. The first kappa shape index (κ1) is 24.0. The van der Waals surface area contributed by atoms with Gasteiger partial charge in [-0.25, -0.2) is 15.0 Å². The van der Waals surface area contributed by atoms with Crippen LogP contribution in [0.5, 0.6) is 0 Å². The molecule has 3 heterocycles. The zero-order chi connectivity index (χ0) is 24.5. The second-order valence-corrected chi connectivity index (χ2v) is 9.44. The number of hydrogen-bond donors (Lipinski definition) is 3. The Kier molecular flexibility index (Phi) is 6.54. The van der Waals surface area contributed by atoms with Gasteiger partial charge in [-0.2, -0.15) is 13.2 Å². The summed E-state index contributed by atoms with van der Waals surface area (Å²) in [6.07, 6.45) is 3.19. The molecular weight excluding hydrogens is 471 g/mol. The van der Waals surface area contributed by atoms with E-state index in [4.69, 9.17) is 0 Å². The fourth-order valence-corrected chi connectivity index (χ4v) is 5.05. The molecular formula is C22H22F3N5O3S. The predicted molar refractivity (Wildman–Crippen MR) is 118 cm³/mol. The molecule has 0 spiro atoms. The zero-order valence-electron chi connectivity index (χ0n) is 18.1. The average Bonchev–Trinajstić information content (AvgIpc) is 3.30. The number of rotatable bonds is 6. The first-order valence-corrected chi connectivity index (χ1v) is 11.4. The number of alkyl halides is 3. The van der Waals surface area contributed by atoms with Crippen LogP contribution in [0.3, 0.4) is 0 Å². The molecule has 3 aromatic heterocycles. The number of nitrogens with zero attached hydrogens (tertiary/aromatic N) is 4. The Balaban J connectivity index is 1.50. The highest BCUT2D eigenvalue weighted by atomic mass is 32.1. The van der Waals surface area contributed by atoms with Crippen LogP contribution >= 0.6 is 11.3 Å². The van der Waals surface area contributed by atoms with Gasteiger partial charge in [-0.05, 0) is 50.7 Å². The largest absolute Gasteiger partial charge is 0.481 e. The monoisotopic (exact) mass is 493 g/mol. The van der Waals surface area contributed by atoms with Crippen LogP contribution in [0.1, 0.15) is 43.2 Å². The summed E-state index contributed by atoms with van der Waals surface area (Å²) >= 11 is 1.24. The van der Waals surface area contributed by atoms with Crippen molar-refractivity contribution in [2.45, 2.75) is 44.4 Å². The number of aliphatic carboxylic acids is 1. The summed E-state index contributed by atoms with van der Waals surface area (Å²) in [4.78, 5) is 28.6. The second kappa shape index (κ2) is 9.26. The maximum absolute atomic E-state index is 12.9. The van der Waals surface area contributed by atoms with Crippen molar-refractivity contribution in [3.63, 3.8) is 0 Å².